The monoisotopic (exact) mass is 267 g/mol. The van der Waals surface area contributed by atoms with E-state index < -0.39 is 0 Å². The molecule has 0 aromatic carbocycles. The van der Waals surface area contributed by atoms with Crippen molar-refractivity contribution in [2.45, 2.75) is 39.0 Å². The zero-order valence-corrected chi connectivity index (χ0v) is 12.6. The summed E-state index contributed by atoms with van der Waals surface area (Å²) in [6.07, 6.45) is 2.29. The first kappa shape index (κ1) is 14.0. The molecule has 1 saturated heterocycles. The molecule has 1 aromatic rings. The predicted molar refractivity (Wildman–Crippen MR) is 78.4 cm³/mol. The van der Waals surface area contributed by atoms with Crippen LogP contribution in [0.15, 0.2) is 5.38 Å². The maximum absolute atomic E-state index is 4.81. The van der Waals surface area contributed by atoms with Crippen LogP contribution in [0.25, 0.3) is 0 Å². The summed E-state index contributed by atoms with van der Waals surface area (Å²) in [5.41, 5.74) is 1.44. The Morgan fingerprint density at radius 3 is 2.78 bits per heavy atom. The number of rotatable bonds is 5. The number of nitrogens with zero attached hydrogens (tertiary/aromatic N) is 2. The van der Waals surface area contributed by atoms with Crippen molar-refractivity contribution in [2.75, 3.05) is 32.7 Å². The van der Waals surface area contributed by atoms with Crippen molar-refractivity contribution in [3.63, 3.8) is 0 Å². The van der Waals surface area contributed by atoms with Gasteiger partial charge in [-0.1, -0.05) is 27.2 Å². The molecule has 0 saturated carbocycles. The largest absolute Gasteiger partial charge is 0.314 e. The predicted octanol–water partition coefficient (Wildman–Crippen LogP) is 2.28. The zero-order valence-electron chi connectivity index (χ0n) is 11.8. The van der Waals surface area contributed by atoms with Crippen molar-refractivity contribution in [3.05, 3.63) is 16.1 Å². The standard InChI is InChI=1S/C14H25N3S/c1-4-5-12-10-18-13(16-12)14(2,3)11-17-8-6-15-7-9-17/h10,15H,4-9,11H2,1-3H3. The second kappa shape index (κ2) is 6.13. The normalized spacial score (nSPS) is 18.2. The molecule has 102 valence electrons. The summed E-state index contributed by atoms with van der Waals surface area (Å²) >= 11 is 1.83. The Kier molecular flexibility index (Phi) is 4.76. The first-order valence-electron chi connectivity index (χ1n) is 7.00. The number of hydrogen-bond acceptors (Lipinski definition) is 4. The Morgan fingerprint density at radius 1 is 1.39 bits per heavy atom. The molecule has 0 aliphatic carbocycles. The van der Waals surface area contributed by atoms with Gasteiger partial charge in [-0.3, -0.25) is 4.90 Å². The Bertz CT molecular complexity index is 367. The average molecular weight is 267 g/mol. The highest BCUT2D eigenvalue weighted by atomic mass is 32.1. The van der Waals surface area contributed by atoms with E-state index in [4.69, 9.17) is 4.98 Å². The van der Waals surface area contributed by atoms with Crippen LogP contribution in [0.4, 0.5) is 0 Å². The summed E-state index contributed by atoms with van der Waals surface area (Å²) in [7, 11) is 0. The molecule has 2 heterocycles. The molecule has 0 amide bonds. The minimum Gasteiger partial charge on any atom is -0.314 e. The molecule has 1 aromatic heterocycles. The summed E-state index contributed by atoms with van der Waals surface area (Å²) in [5.74, 6) is 0. The van der Waals surface area contributed by atoms with Crippen molar-refractivity contribution in [3.8, 4) is 0 Å². The third-order valence-corrected chi connectivity index (χ3v) is 4.72. The molecular weight excluding hydrogens is 242 g/mol. The van der Waals surface area contributed by atoms with Crippen LogP contribution in [-0.4, -0.2) is 42.6 Å². The second-order valence-electron chi connectivity index (χ2n) is 5.80. The molecule has 2 rings (SSSR count). The van der Waals surface area contributed by atoms with Crippen LogP contribution < -0.4 is 5.32 Å². The van der Waals surface area contributed by atoms with E-state index >= 15 is 0 Å². The molecule has 0 radical (unpaired) electrons. The second-order valence-corrected chi connectivity index (χ2v) is 6.66. The summed E-state index contributed by atoms with van der Waals surface area (Å²) < 4.78 is 0. The molecule has 1 aliphatic heterocycles. The minimum absolute atomic E-state index is 0.175. The van der Waals surface area contributed by atoms with Crippen molar-refractivity contribution < 1.29 is 0 Å². The molecule has 0 bridgehead atoms. The summed E-state index contributed by atoms with van der Waals surface area (Å²) in [6, 6.07) is 0. The summed E-state index contributed by atoms with van der Waals surface area (Å²) in [4.78, 5) is 7.37. The van der Waals surface area contributed by atoms with Gasteiger partial charge in [-0.2, -0.15) is 0 Å². The zero-order chi connectivity index (χ0) is 13.0. The average Bonchev–Trinajstić information content (AvgIpc) is 2.80. The van der Waals surface area contributed by atoms with Crippen LogP contribution in [-0.2, 0) is 11.8 Å². The summed E-state index contributed by atoms with van der Waals surface area (Å²) in [5, 5.41) is 6.94. The third-order valence-electron chi connectivity index (χ3n) is 3.47. The van der Waals surface area contributed by atoms with E-state index in [0.717, 1.165) is 39.1 Å². The lowest BCUT2D eigenvalue weighted by Gasteiger charge is -2.34. The quantitative estimate of drug-likeness (QED) is 0.887. The van der Waals surface area contributed by atoms with Crippen LogP contribution >= 0.6 is 11.3 Å². The van der Waals surface area contributed by atoms with Gasteiger partial charge in [0.05, 0.1) is 10.7 Å². The lowest BCUT2D eigenvalue weighted by atomic mass is 9.93. The van der Waals surface area contributed by atoms with E-state index in [9.17, 15) is 0 Å². The Hall–Kier alpha value is -0.450. The molecule has 0 atom stereocenters. The minimum atomic E-state index is 0.175. The molecule has 0 spiro atoms. The highest BCUT2D eigenvalue weighted by molar-refractivity contribution is 7.09. The number of aromatic nitrogens is 1. The number of piperazine rings is 1. The molecular formula is C14H25N3S. The molecule has 1 aliphatic rings. The van der Waals surface area contributed by atoms with Crippen LogP contribution in [0, 0.1) is 0 Å². The molecule has 18 heavy (non-hydrogen) atoms. The van der Waals surface area contributed by atoms with E-state index in [2.05, 4.69) is 36.4 Å². The van der Waals surface area contributed by atoms with Crippen molar-refractivity contribution >= 4 is 11.3 Å². The van der Waals surface area contributed by atoms with Crippen LogP contribution in [0.2, 0.25) is 0 Å². The van der Waals surface area contributed by atoms with E-state index in [-0.39, 0.29) is 5.41 Å². The van der Waals surface area contributed by atoms with Gasteiger partial charge in [0.1, 0.15) is 0 Å². The van der Waals surface area contributed by atoms with Gasteiger partial charge < -0.3 is 5.32 Å². The maximum atomic E-state index is 4.81. The van der Waals surface area contributed by atoms with Crippen LogP contribution in [0.1, 0.15) is 37.9 Å². The van der Waals surface area contributed by atoms with E-state index in [0.29, 0.717) is 0 Å². The number of hydrogen-bond donors (Lipinski definition) is 1. The highest BCUT2D eigenvalue weighted by Gasteiger charge is 2.27. The van der Waals surface area contributed by atoms with Crippen molar-refractivity contribution in [1.82, 2.24) is 15.2 Å². The van der Waals surface area contributed by atoms with Crippen LogP contribution in [0.5, 0.6) is 0 Å². The number of nitrogens with one attached hydrogen (secondary N) is 1. The topological polar surface area (TPSA) is 28.2 Å². The van der Waals surface area contributed by atoms with Gasteiger partial charge in [0, 0.05) is 43.5 Å². The van der Waals surface area contributed by atoms with E-state index in [1.807, 2.05) is 11.3 Å². The highest BCUT2D eigenvalue weighted by Crippen LogP contribution is 2.28. The van der Waals surface area contributed by atoms with Gasteiger partial charge in [-0.05, 0) is 6.42 Å². The van der Waals surface area contributed by atoms with Gasteiger partial charge >= 0.3 is 0 Å². The maximum Gasteiger partial charge on any atom is 0.0997 e. The molecule has 4 heteroatoms. The van der Waals surface area contributed by atoms with E-state index in [1.165, 1.54) is 17.1 Å². The fraction of sp³-hybridized carbons (Fsp3) is 0.786. The molecule has 0 unspecified atom stereocenters. The first-order valence-corrected chi connectivity index (χ1v) is 7.88. The Balaban J connectivity index is 1.99. The lowest BCUT2D eigenvalue weighted by molar-refractivity contribution is 0.199. The fourth-order valence-electron chi connectivity index (χ4n) is 2.48. The van der Waals surface area contributed by atoms with E-state index in [1.54, 1.807) is 0 Å². The van der Waals surface area contributed by atoms with Gasteiger partial charge in [-0.25, -0.2) is 4.98 Å². The number of aryl methyl sites for hydroxylation is 1. The van der Waals surface area contributed by atoms with Crippen LogP contribution in [0.3, 0.4) is 0 Å². The van der Waals surface area contributed by atoms with Crippen molar-refractivity contribution in [2.24, 2.45) is 0 Å². The smallest absolute Gasteiger partial charge is 0.0997 e. The molecule has 1 fully saturated rings. The molecule has 3 nitrogen and oxygen atoms in total. The first-order chi connectivity index (χ1) is 8.62. The van der Waals surface area contributed by atoms with Gasteiger partial charge in [0.15, 0.2) is 0 Å². The van der Waals surface area contributed by atoms with Gasteiger partial charge in [0.2, 0.25) is 0 Å². The SMILES string of the molecule is CCCc1csc(C(C)(C)CN2CCNCC2)n1. The number of thiazole rings is 1. The summed E-state index contributed by atoms with van der Waals surface area (Å²) in [6.45, 7) is 12.5. The fourth-order valence-corrected chi connectivity index (χ4v) is 3.46. The Labute approximate surface area is 115 Å². The Morgan fingerprint density at radius 2 is 2.11 bits per heavy atom. The van der Waals surface area contributed by atoms with Gasteiger partial charge in [0.25, 0.3) is 0 Å². The lowest BCUT2D eigenvalue weighted by Crippen LogP contribution is -2.47. The van der Waals surface area contributed by atoms with Crippen molar-refractivity contribution in [1.29, 1.82) is 0 Å². The van der Waals surface area contributed by atoms with Gasteiger partial charge in [-0.15, -0.1) is 11.3 Å². The molecule has 1 N–H and O–H groups in total. The third kappa shape index (κ3) is 3.53.